The van der Waals surface area contributed by atoms with Crippen molar-refractivity contribution in [1.29, 1.82) is 0 Å². The molecular formula is C20H18BrClN4O2. The second-order valence-electron chi connectivity index (χ2n) is 6.30. The molecule has 0 aliphatic heterocycles. The summed E-state index contributed by atoms with van der Waals surface area (Å²) in [6.45, 7) is 3.90. The van der Waals surface area contributed by atoms with Crippen LogP contribution in [0.1, 0.15) is 44.9 Å². The van der Waals surface area contributed by atoms with E-state index in [1.165, 1.54) is 0 Å². The van der Waals surface area contributed by atoms with Gasteiger partial charge in [0.25, 0.3) is 11.8 Å². The van der Waals surface area contributed by atoms with E-state index < -0.39 is 5.91 Å². The highest BCUT2D eigenvalue weighted by atomic mass is 79.9. The molecule has 2 amide bonds. The maximum absolute atomic E-state index is 12.6. The van der Waals surface area contributed by atoms with Gasteiger partial charge in [-0.05, 0) is 47.5 Å². The van der Waals surface area contributed by atoms with Crippen LogP contribution in [0.15, 0.2) is 53.0 Å². The maximum Gasteiger partial charge on any atom is 0.271 e. The van der Waals surface area contributed by atoms with Crippen LogP contribution >= 0.6 is 27.5 Å². The lowest BCUT2D eigenvalue weighted by Crippen LogP contribution is -2.27. The Bertz CT molecular complexity index is 1020. The summed E-state index contributed by atoms with van der Waals surface area (Å²) in [7, 11) is 0. The summed E-state index contributed by atoms with van der Waals surface area (Å²) in [6.07, 6.45) is 0. The molecule has 0 saturated heterocycles. The zero-order valence-corrected chi connectivity index (χ0v) is 17.6. The van der Waals surface area contributed by atoms with Crippen LogP contribution in [-0.2, 0) is 0 Å². The Morgan fingerprint density at radius 1 is 1.11 bits per heavy atom. The number of H-pyrrole nitrogens is 1. The first-order valence-corrected chi connectivity index (χ1v) is 9.71. The predicted octanol–water partition coefficient (Wildman–Crippen LogP) is 4.88. The molecule has 144 valence electrons. The van der Waals surface area contributed by atoms with Crippen LogP contribution in [0.25, 0.3) is 0 Å². The van der Waals surface area contributed by atoms with Gasteiger partial charge in [-0.3, -0.25) is 14.7 Å². The topological polar surface area (TPSA) is 86.9 Å². The van der Waals surface area contributed by atoms with E-state index in [1.807, 2.05) is 38.1 Å². The van der Waals surface area contributed by atoms with Crippen molar-refractivity contribution >= 4 is 45.2 Å². The minimum Gasteiger partial charge on any atom is -0.344 e. The molecule has 1 heterocycles. The van der Waals surface area contributed by atoms with E-state index in [2.05, 4.69) is 36.8 Å². The van der Waals surface area contributed by atoms with Gasteiger partial charge in [0.2, 0.25) is 0 Å². The SMILES string of the molecule is Cc1ccc([C@@H](C)NC(=O)c2[nH]nc(NC(=O)c3ccccc3Cl)c2Br)cc1. The number of hydrogen-bond donors (Lipinski definition) is 3. The van der Waals surface area contributed by atoms with Crippen molar-refractivity contribution in [2.24, 2.45) is 0 Å². The van der Waals surface area contributed by atoms with Gasteiger partial charge < -0.3 is 10.6 Å². The lowest BCUT2D eigenvalue weighted by Gasteiger charge is -2.14. The van der Waals surface area contributed by atoms with Gasteiger partial charge in [-0.25, -0.2) is 0 Å². The zero-order valence-electron chi connectivity index (χ0n) is 15.2. The molecule has 0 aliphatic carbocycles. The molecule has 1 atom stereocenters. The second kappa shape index (κ2) is 8.58. The number of rotatable bonds is 5. The highest BCUT2D eigenvalue weighted by molar-refractivity contribution is 9.10. The summed E-state index contributed by atoms with van der Waals surface area (Å²) < 4.78 is 0.363. The third-order valence-electron chi connectivity index (χ3n) is 4.21. The number of hydrogen-bond acceptors (Lipinski definition) is 3. The highest BCUT2D eigenvalue weighted by Crippen LogP contribution is 2.26. The van der Waals surface area contributed by atoms with Gasteiger partial charge >= 0.3 is 0 Å². The fourth-order valence-electron chi connectivity index (χ4n) is 2.59. The average molecular weight is 462 g/mol. The standard InChI is InChI=1S/C20H18BrClN4O2/c1-11-7-9-13(10-8-11)12(2)23-20(28)17-16(21)18(26-25-17)24-19(27)14-5-3-4-6-15(14)22/h3-10,12H,1-2H3,(H,23,28)(H2,24,25,26,27)/t12-/m1/s1. The largest absolute Gasteiger partial charge is 0.344 e. The first-order valence-electron chi connectivity index (χ1n) is 8.54. The number of amides is 2. The molecule has 0 unspecified atom stereocenters. The number of halogens is 2. The van der Waals surface area contributed by atoms with Gasteiger partial charge in [-0.1, -0.05) is 53.6 Å². The number of aryl methyl sites for hydroxylation is 1. The Hall–Kier alpha value is -2.64. The molecule has 2 aromatic carbocycles. The molecule has 0 spiro atoms. The van der Waals surface area contributed by atoms with Crippen LogP contribution < -0.4 is 10.6 Å². The van der Waals surface area contributed by atoms with Crippen molar-refractivity contribution in [1.82, 2.24) is 15.5 Å². The number of carbonyl (C=O) groups excluding carboxylic acids is 2. The number of anilines is 1. The van der Waals surface area contributed by atoms with Crippen molar-refractivity contribution in [2.75, 3.05) is 5.32 Å². The van der Waals surface area contributed by atoms with Crippen molar-refractivity contribution in [3.05, 3.63) is 80.4 Å². The third kappa shape index (κ3) is 4.43. The molecule has 3 rings (SSSR count). The summed E-state index contributed by atoms with van der Waals surface area (Å²) in [5, 5.41) is 12.5. The Kier molecular flexibility index (Phi) is 6.16. The van der Waals surface area contributed by atoms with Crippen LogP contribution in [0.2, 0.25) is 5.02 Å². The van der Waals surface area contributed by atoms with Gasteiger partial charge in [0.15, 0.2) is 5.82 Å². The number of aromatic amines is 1. The van der Waals surface area contributed by atoms with E-state index in [0.29, 0.717) is 15.1 Å². The van der Waals surface area contributed by atoms with Gasteiger partial charge in [-0.2, -0.15) is 5.10 Å². The van der Waals surface area contributed by atoms with Crippen LogP contribution in [-0.4, -0.2) is 22.0 Å². The number of aromatic nitrogens is 2. The fourth-order valence-corrected chi connectivity index (χ4v) is 3.27. The van der Waals surface area contributed by atoms with Crippen LogP contribution in [0.5, 0.6) is 0 Å². The Labute approximate surface area is 175 Å². The van der Waals surface area contributed by atoms with Crippen molar-refractivity contribution < 1.29 is 9.59 Å². The van der Waals surface area contributed by atoms with Gasteiger partial charge in [0, 0.05) is 0 Å². The molecule has 0 aliphatic rings. The average Bonchev–Trinajstić information content (AvgIpc) is 3.03. The number of nitrogens with one attached hydrogen (secondary N) is 3. The summed E-state index contributed by atoms with van der Waals surface area (Å²) in [5.74, 6) is -0.554. The quantitative estimate of drug-likeness (QED) is 0.506. The molecule has 6 nitrogen and oxygen atoms in total. The number of nitrogens with zero attached hydrogens (tertiary/aromatic N) is 1. The molecule has 0 radical (unpaired) electrons. The number of carbonyl (C=O) groups is 2. The van der Waals surface area contributed by atoms with Gasteiger partial charge in [0.05, 0.1) is 21.1 Å². The smallest absolute Gasteiger partial charge is 0.271 e. The molecule has 0 saturated carbocycles. The molecule has 3 N–H and O–H groups in total. The van der Waals surface area contributed by atoms with Crippen LogP contribution in [0, 0.1) is 6.92 Å². The first-order chi connectivity index (χ1) is 13.4. The van der Waals surface area contributed by atoms with E-state index in [0.717, 1.165) is 11.1 Å². The zero-order chi connectivity index (χ0) is 20.3. The Morgan fingerprint density at radius 3 is 2.46 bits per heavy atom. The van der Waals surface area contributed by atoms with E-state index in [4.69, 9.17) is 11.6 Å². The Morgan fingerprint density at radius 2 is 1.79 bits per heavy atom. The first kappa shape index (κ1) is 20.1. The van der Waals surface area contributed by atoms with Crippen molar-refractivity contribution in [2.45, 2.75) is 19.9 Å². The van der Waals surface area contributed by atoms with Crippen molar-refractivity contribution in [3.63, 3.8) is 0 Å². The molecule has 28 heavy (non-hydrogen) atoms. The van der Waals surface area contributed by atoms with E-state index in [-0.39, 0.29) is 23.5 Å². The number of benzene rings is 2. The lowest BCUT2D eigenvalue weighted by atomic mass is 10.1. The fraction of sp³-hybridized carbons (Fsp3) is 0.150. The second-order valence-corrected chi connectivity index (χ2v) is 7.50. The highest BCUT2D eigenvalue weighted by Gasteiger charge is 2.21. The maximum atomic E-state index is 12.6. The van der Waals surface area contributed by atoms with Crippen LogP contribution in [0.4, 0.5) is 5.82 Å². The summed E-state index contributed by atoms with van der Waals surface area (Å²) >= 11 is 9.37. The van der Waals surface area contributed by atoms with E-state index in [1.54, 1.807) is 24.3 Å². The van der Waals surface area contributed by atoms with E-state index in [9.17, 15) is 9.59 Å². The van der Waals surface area contributed by atoms with Gasteiger partial charge in [0.1, 0.15) is 5.69 Å². The van der Waals surface area contributed by atoms with Crippen LogP contribution in [0.3, 0.4) is 0 Å². The summed E-state index contributed by atoms with van der Waals surface area (Å²) in [5.41, 5.74) is 2.67. The minimum atomic E-state index is -0.419. The lowest BCUT2D eigenvalue weighted by molar-refractivity contribution is 0.0933. The summed E-state index contributed by atoms with van der Waals surface area (Å²) in [6, 6.07) is 14.4. The molecule has 8 heteroatoms. The molecule has 3 aromatic rings. The Balaban J connectivity index is 1.71. The monoisotopic (exact) mass is 460 g/mol. The third-order valence-corrected chi connectivity index (χ3v) is 5.31. The molecular weight excluding hydrogens is 444 g/mol. The summed E-state index contributed by atoms with van der Waals surface area (Å²) in [4.78, 5) is 25.0. The predicted molar refractivity (Wildman–Crippen MR) is 113 cm³/mol. The molecule has 0 fully saturated rings. The van der Waals surface area contributed by atoms with E-state index >= 15 is 0 Å². The van der Waals surface area contributed by atoms with Gasteiger partial charge in [-0.15, -0.1) is 0 Å². The van der Waals surface area contributed by atoms with Crippen molar-refractivity contribution in [3.8, 4) is 0 Å². The molecule has 1 aromatic heterocycles. The molecule has 0 bridgehead atoms. The minimum absolute atomic E-state index is 0.190. The normalized spacial score (nSPS) is 11.7.